The Bertz CT molecular complexity index is 3750. The largest absolute Gasteiger partial charge is 0.416 e. The minimum atomic E-state index is -4.49. The highest BCUT2D eigenvalue weighted by Crippen LogP contribution is 2.44. The molecule has 0 spiro atoms. The lowest BCUT2D eigenvalue weighted by Gasteiger charge is -2.43. The number of ether oxygens (including phenoxy) is 5. The quantitative estimate of drug-likeness (QED) is 0.0142. The first kappa shape index (κ1) is 94.6. The Hall–Kier alpha value is -6.28. The number of anilines is 4. The van der Waals surface area contributed by atoms with Gasteiger partial charge in [-0.1, -0.05) is 190 Å². The van der Waals surface area contributed by atoms with Gasteiger partial charge in [0.05, 0.1) is 23.4 Å². The zero-order valence-corrected chi connectivity index (χ0v) is 72.0. The second-order valence-corrected chi connectivity index (χ2v) is 35.2. The van der Waals surface area contributed by atoms with Crippen LogP contribution in [0.2, 0.25) is 0 Å². The number of unbranched alkanes of at least 4 members (excludes halogenated alkanes) is 1. The molecule has 3 saturated carbocycles. The van der Waals surface area contributed by atoms with Crippen molar-refractivity contribution in [3.8, 4) is 0 Å². The van der Waals surface area contributed by atoms with Crippen LogP contribution in [0, 0.1) is 41.4 Å². The van der Waals surface area contributed by atoms with Crippen molar-refractivity contribution in [3.63, 3.8) is 0 Å². The third kappa shape index (κ3) is 29.2. The van der Waals surface area contributed by atoms with Crippen molar-refractivity contribution >= 4 is 28.8 Å². The normalized spacial score (nSPS) is 20.7. The van der Waals surface area contributed by atoms with Crippen LogP contribution in [0.3, 0.4) is 0 Å². The molecule has 0 unspecified atom stereocenters. The number of likely N-dealkylation sites (tertiary alicyclic amines) is 1. The van der Waals surface area contributed by atoms with E-state index in [0.29, 0.717) is 144 Å². The van der Waals surface area contributed by atoms with Crippen LogP contribution < -0.4 is 63.4 Å². The zero-order chi connectivity index (χ0) is 83.4. The van der Waals surface area contributed by atoms with Crippen molar-refractivity contribution in [2.24, 2.45) is 41.4 Å². The Morgan fingerprint density at radius 3 is 1.43 bits per heavy atom. The molecule has 3 aliphatic carbocycles. The fraction of sp³-hybridized carbons (Fsp3) is 0.713. The standard InChI is InChI=1S/C33H51N3O4.C32H49N3O4.C29H46F3N3O3/c1-24(2)21-34-22-28(20-25-12-6-4-7-13-25)35-29-30(32(38)31(29)37)36-17-10-16-27(23-36)33(40-19-11-18-39-3)26-14-8-5-9-15-26;1-3-17-33-22-27(21-24-12-6-4-7-13-24)34-28-29(31(37)30(28)36)35-18-10-16-26(23-35)32(39-20-11-19-38-2)25-14-8-5-9-15-25;1-33-20-26(18-22-10-4-3-5-11-22)34-27(36)35-16-9-14-25(21-35)28(37,15-6-7-17-38-2)23-12-8-13-24(19-23)29(30,31)32/h5,8-9,14-15,24-25,27-28,33-35H,4,6-7,10-13,16-23H2,1-3H3;5,8-9,14-15,24,26-27,32-34H,3-4,6-7,10-13,16-23H2,1-2H3;8,12-13,19,22,25-26,33,37H,3-7,9-11,14-18,20-21H2,1-2H3,(H,34,36)/t27-,28+,33+;26-,27+,32+;25-,26+,28-/m111/s1. The number of nitrogens with one attached hydrogen (secondary N) is 6. The summed E-state index contributed by atoms with van der Waals surface area (Å²) in [5.41, 5.74) is 1.23. The van der Waals surface area contributed by atoms with Crippen molar-refractivity contribution < 1.29 is 46.8 Å². The summed E-state index contributed by atoms with van der Waals surface area (Å²) in [6.45, 7) is 17.8. The molecule has 2 amide bonds. The van der Waals surface area contributed by atoms with Gasteiger partial charge in [-0.15, -0.1) is 0 Å². The number of aliphatic hydroxyl groups is 1. The smallest absolute Gasteiger partial charge is 0.385 e. The number of carbonyl (C=O) groups is 1. The first-order chi connectivity index (χ1) is 56.8. The molecule has 11 rings (SSSR count). The molecule has 117 heavy (non-hydrogen) atoms. The number of rotatable bonds is 44. The molecular weight excluding hydrogens is 1490 g/mol. The average Bonchev–Trinajstić information content (AvgIpc) is 0.768. The van der Waals surface area contributed by atoms with Gasteiger partial charge in [-0.05, 0) is 169 Å². The molecule has 654 valence electrons. The fourth-order valence-corrected chi connectivity index (χ4v) is 19.4. The maximum atomic E-state index is 13.5. The van der Waals surface area contributed by atoms with E-state index in [0.717, 1.165) is 116 Å². The molecule has 6 fully saturated rings. The topological polar surface area (TPSA) is 234 Å². The summed E-state index contributed by atoms with van der Waals surface area (Å²) < 4.78 is 69.0. The third-order valence-electron chi connectivity index (χ3n) is 25.5. The van der Waals surface area contributed by atoms with Gasteiger partial charge in [-0.2, -0.15) is 13.2 Å². The van der Waals surface area contributed by atoms with E-state index < -0.39 is 17.3 Å². The van der Waals surface area contributed by atoms with Crippen LogP contribution in [0.15, 0.2) is 104 Å². The zero-order valence-electron chi connectivity index (χ0n) is 72.0. The average molecular weight is 1640 g/mol. The second-order valence-electron chi connectivity index (χ2n) is 35.2. The number of nitrogens with zero attached hydrogens (tertiary/aromatic N) is 3. The molecule has 5 aromatic carbocycles. The van der Waals surface area contributed by atoms with Crippen molar-refractivity contribution in [1.29, 1.82) is 0 Å². The molecule has 0 bridgehead atoms. The molecule has 0 radical (unpaired) electrons. The van der Waals surface area contributed by atoms with Gasteiger partial charge in [0.1, 0.15) is 22.7 Å². The molecule has 3 saturated heterocycles. The van der Waals surface area contributed by atoms with Crippen LogP contribution in [0.1, 0.15) is 248 Å². The molecule has 23 heteroatoms. The molecule has 20 nitrogen and oxygen atoms in total. The summed E-state index contributed by atoms with van der Waals surface area (Å²) >= 11 is 0. The predicted octanol–water partition coefficient (Wildman–Crippen LogP) is 16.0. The summed E-state index contributed by atoms with van der Waals surface area (Å²) in [5, 5.41) is 32.7. The lowest BCUT2D eigenvalue weighted by atomic mass is 9.74. The van der Waals surface area contributed by atoms with Crippen molar-refractivity contribution in [2.45, 2.75) is 256 Å². The lowest BCUT2D eigenvalue weighted by molar-refractivity contribution is -0.138. The monoisotopic (exact) mass is 1630 g/mol. The van der Waals surface area contributed by atoms with Crippen LogP contribution in [-0.4, -0.2) is 168 Å². The summed E-state index contributed by atoms with van der Waals surface area (Å²) in [7, 11) is 6.91. The number of halogens is 3. The Morgan fingerprint density at radius 1 is 0.504 bits per heavy atom. The van der Waals surface area contributed by atoms with Crippen molar-refractivity contribution in [1.82, 2.24) is 26.2 Å². The molecule has 7 N–H and O–H groups in total. The van der Waals surface area contributed by atoms with E-state index in [4.69, 9.17) is 23.7 Å². The van der Waals surface area contributed by atoms with Crippen LogP contribution >= 0.6 is 0 Å². The van der Waals surface area contributed by atoms with Gasteiger partial charge in [0.15, 0.2) is 0 Å². The minimum absolute atomic E-state index is 0.0207. The number of methoxy groups -OCH3 is 3. The van der Waals surface area contributed by atoms with E-state index in [2.05, 4.69) is 111 Å². The van der Waals surface area contributed by atoms with Gasteiger partial charge < -0.3 is 75.4 Å². The third-order valence-corrected chi connectivity index (χ3v) is 25.5. The molecule has 9 atom stereocenters. The summed E-state index contributed by atoms with van der Waals surface area (Å²) in [4.78, 5) is 71.1. The highest BCUT2D eigenvalue weighted by Gasteiger charge is 2.44. The number of carbonyl (C=O) groups excluding carboxylic acids is 1. The molecule has 6 aliphatic rings. The number of hydrogen-bond acceptors (Lipinski definition) is 18. The van der Waals surface area contributed by atoms with Gasteiger partial charge in [0.2, 0.25) is 0 Å². The van der Waals surface area contributed by atoms with E-state index in [1.807, 2.05) is 19.2 Å². The number of urea groups is 1. The Morgan fingerprint density at radius 2 is 0.966 bits per heavy atom. The van der Waals surface area contributed by atoms with Gasteiger partial charge >= 0.3 is 12.2 Å². The number of hydrogen-bond donors (Lipinski definition) is 7. The Kier molecular flexibility index (Phi) is 40.6. The van der Waals surface area contributed by atoms with Crippen molar-refractivity contribution in [3.05, 3.63) is 148 Å². The maximum absolute atomic E-state index is 13.5. The summed E-state index contributed by atoms with van der Waals surface area (Å²) in [6.07, 6.45) is 27.3. The lowest BCUT2D eigenvalue weighted by Crippen LogP contribution is -2.54. The van der Waals surface area contributed by atoms with Gasteiger partial charge in [0, 0.05) is 149 Å². The van der Waals surface area contributed by atoms with E-state index >= 15 is 0 Å². The van der Waals surface area contributed by atoms with Crippen molar-refractivity contribution in [2.75, 3.05) is 154 Å². The second kappa shape index (κ2) is 50.2. The summed E-state index contributed by atoms with van der Waals surface area (Å²) in [5.74, 6) is 2.67. The SMILES string of the molecule is CCCNC[C@H](CC1CCCCC1)Nc1c(N2CCC[C@@H]([C@@H](OCCCOC)c3ccccc3)C2)c(=O)c1=O.CNC[C@H](CC1CCCCC1)NC(=O)N1CCC[C@@H]([C@@](O)(CCCCOC)c2cccc(C(F)(F)F)c2)C1.COCCCO[C@@H](c1ccccc1)[C@@H]1CCCN(c2c(N[C@H](CNCC(C)C)CC3CCCCC3)c(=O)c2=O)C1. The Balaban J connectivity index is 0.000000200. The van der Waals surface area contributed by atoms with E-state index in [9.17, 15) is 42.3 Å². The van der Waals surface area contributed by atoms with E-state index in [1.165, 1.54) is 114 Å². The van der Waals surface area contributed by atoms with Crippen LogP contribution in [0.25, 0.3) is 0 Å². The van der Waals surface area contributed by atoms with Gasteiger partial charge in [0.25, 0.3) is 21.7 Å². The molecule has 0 aromatic heterocycles. The molecule has 3 aliphatic heterocycles. The summed E-state index contributed by atoms with van der Waals surface area (Å²) in [6, 6.07) is 26.0. The minimum Gasteiger partial charge on any atom is -0.385 e. The first-order valence-corrected chi connectivity index (χ1v) is 45.3. The maximum Gasteiger partial charge on any atom is 0.416 e. The van der Waals surface area contributed by atoms with Gasteiger partial charge in [-0.3, -0.25) is 19.2 Å². The number of likely N-dealkylation sites (N-methyl/N-ethyl adjacent to an activating group) is 1. The number of alkyl halides is 3. The van der Waals surface area contributed by atoms with E-state index in [1.54, 1.807) is 32.3 Å². The number of benzene rings is 3. The Labute approximate surface area is 697 Å². The number of amides is 2. The predicted molar refractivity (Wildman–Crippen MR) is 467 cm³/mol. The molecule has 3 heterocycles. The highest BCUT2D eigenvalue weighted by atomic mass is 19.4. The fourth-order valence-electron chi connectivity index (χ4n) is 19.4. The molecular formula is C94H146F3N9O11. The van der Waals surface area contributed by atoms with E-state index in [-0.39, 0.29) is 81.4 Å². The molecule has 5 aromatic rings. The van der Waals surface area contributed by atoms with Crippen LogP contribution in [0.4, 0.5) is 40.7 Å². The highest BCUT2D eigenvalue weighted by molar-refractivity contribution is 5.77. The first-order valence-electron chi connectivity index (χ1n) is 45.3. The van der Waals surface area contributed by atoms with Crippen LogP contribution in [-0.2, 0) is 35.5 Å². The van der Waals surface area contributed by atoms with Crippen LogP contribution in [0.5, 0.6) is 0 Å². The number of piperidine rings is 3. The van der Waals surface area contributed by atoms with Gasteiger partial charge in [-0.25, -0.2) is 4.79 Å².